The normalized spacial score (nSPS) is 28.0. The fraction of sp³-hybridized carbons (Fsp3) is 0.556. The van der Waals surface area contributed by atoms with Gasteiger partial charge in [0.15, 0.2) is 10.6 Å². The third kappa shape index (κ3) is 6.55. The van der Waals surface area contributed by atoms with E-state index in [0.29, 0.717) is 0 Å². The maximum Gasteiger partial charge on any atom is 0.490 e. The molecule has 1 aromatic rings. The number of hydrogen-bond acceptors (Lipinski definition) is 11. The summed E-state index contributed by atoms with van der Waals surface area (Å²) in [6.07, 6.45) is -3.88. The molecular weight excluding hydrogens is 522 g/mol. The fourth-order valence-electron chi connectivity index (χ4n) is 2.18. The number of aliphatic hydroxyl groups excluding tert-OH is 1. The zero-order valence-electron chi connectivity index (χ0n) is 14.2. The van der Waals surface area contributed by atoms with Crippen molar-refractivity contribution in [1.29, 1.82) is 0 Å². The van der Waals surface area contributed by atoms with Crippen molar-refractivity contribution in [2.45, 2.75) is 22.8 Å². The minimum atomic E-state index is -5.73. The molecule has 1 aliphatic heterocycles. The summed E-state index contributed by atoms with van der Waals surface area (Å²) in [5.74, 6) is -0.131. The summed E-state index contributed by atoms with van der Waals surface area (Å²) in [6, 6.07) is 1.19. The predicted octanol–water partition coefficient (Wildman–Crippen LogP) is -0.399. The first kappa shape index (κ1) is 25.8. The van der Waals surface area contributed by atoms with E-state index < -0.39 is 58.5 Å². The maximum absolute atomic E-state index is 11.9. The van der Waals surface area contributed by atoms with Crippen LogP contribution in [0.2, 0.25) is 0 Å². The predicted molar refractivity (Wildman–Crippen MR) is 97.1 cm³/mol. The van der Waals surface area contributed by atoms with Crippen LogP contribution in [-0.2, 0) is 31.6 Å². The summed E-state index contributed by atoms with van der Waals surface area (Å²) >= 11 is 12.0. The molecule has 172 valence electrons. The molecule has 7 N–H and O–H groups in total. The second kappa shape index (κ2) is 8.85. The van der Waals surface area contributed by atoms with Crippen molar-refractivity contribution in [3.05, 3.63) is 22.7 Å². The topological polar surface area (TPSA) is 250 Å². The SMILES string of the molecule is Nc1ccn(C2O[C@H](COP(=O)(O)OP(=O)(O)OP(=O)(O)O)[C@@H](O)C2(Cl)Cl)c(=O)n1. The number of aliphatic hydroxyl groups is 1. The molecule has 1 aliphatic rings. The van der Waals surface area contributed by atoms with Gasteiger partial charge in [-0.3, -0.25) is 9.09 Å². The number of hydrogen-bond donors (Lipinski definition) is 6. The Hall–Kier alpha value is -0.410. The molecule has 30 heavy (non-hydrogen) atoms. The van der Waals surface area contributed by atoms with Gasteiger partial charge >= 0.3 is 29.2 Å². The van der Waals surface area contributed by atoms with Crippen LogP contribution in [0.4, 0.5) is 5.82 Å². The van der Waals surface area contributed by atoms with E-state index in [1.54, 1.807) is 0 Å². The van der Waals surface area contributed by atoms with Crippen molar-refractivity contribution in [2.75, 3.05) is 12.3 Å². The third-order valence-corrected chi connectivity index (χ3v) is 7.92. The average Bonchev–Trinajstić information content (AvgIpc) is 2.73. The first-order chi connectivity index (χ1) is 13.4. The Morgan fingerprint density at radius 2 is 1.80 bits per heavy atom. The number of alkyl halides is 2. The highest BCUT2D eigenvalue weighted by molar-refractivity contribution is 7.66. The molecule has 0 aliphatic carbocycles. The van der Waals surface area contributed by atoms with E-state index in [0.717, 1.165) is 10.8 Å². The minimum absolute atomic E-state index is 0.131. The number of halogens is 2. The van der Waals surface area contributed by atoms with Gasteiger partial charge in [0.05, 0.1) is 6.61 Å². The number of nitrogens with two attached hydrogens (primary N) is 1. The molecule has 0 saturated carbocycles. The van der Waals surface area contributed by atoms with Crippen LogP contribution in [0.5, 0.6) is 0 Å². The van der Waals surface area contributed by atoms with Crippen LogP contribution in [0.3, 0.4) is 0 Å². The highest BCUT2D eigenvalue weighted by Gasteiger charge is 2.56. The quantitative estimate of drug-likeness (QED) is 0.183. The number of rotatable bonds is 8. The second-order valence-electron chi connectivity index (χ2n) is 5.58. The highest BCUT2D eigenvalue weighted by atomic mass is 35.5. The smallest absolute Gasteiger partial charge is 0.387 e. The number of phosphoric ester groups is 1. The summed E-state index contributed by atoms with van der Waals surface area (Å²) in [5.41, 5.74) is 4.40. The van der Waals surface area contributed by atoms with E-state index >= 15 is 0 Å². The van der Waals surface area contributed by atoms with E-state index in [4.69, 9.17) is 48.4 Å². The highest BCUT2D eigenvalue weighted by Crippen LogP contribution is 2.66. The molecule has 3 unspecified atom stereocenters. The van der Waals surface area contributed by atoms with Crippen LogP contribution in [0.15, 0.2) is 17.1 Å². The van der Waals surface area contributed by atoms with Crippen molar-refractivity contribution < 1.29 is 56.3 Å². The zero-order valence-corrected chi connectivity index (χ0v) is 18.4. The van der Waals surface area contributed by atoms with Gasteiger partial charge in [-0.25, -0.2) is 18.5 Å². The molecule has 21 heteroatoms. The summed E-state index contributed by atoms with van der Waals surface area (Å²) < 4.78 is 48.9. The molecule has 0 amide bonds. The van der Waals surface area contributed by atoms with E-state index in [1.165, 1.54) is 6.07 Å². The van der Waals surface area contributed by atoms with E-state index in [-0.39, 0.29) is 5.82 Å². The van der Waals surface area contributed by atoms with Crippen LogP contribution < -0.4 is 11.4 Å². The lowest BCUT2D eigenvalue weighted by atomic mass is 10.2. The third-order valence-electron chi connectivity index (χ3n) is 3.30. The summed E-state index contributed by atoms with van der Waals surface area (Å²) in [5, 5.41) is 10.2. The Bertz CT molecular complexity index is 998. The number of phosphoric acid groups is 3. The van der Waals surface area contributed by atoms with Crippen LogP contribution in [-0.4, -0.2) is 57.4 Å². The summed E-state index contributed by atoms with van der Waals surface area (Å²) in [7, 11) is -16.8. The number of nitrogen functional groups attached to an aromatic ring is 1. The lowest BCUT2D eigenvalue weighted by Gasteiger charge is -2.24. The van der Waals surface area contributed by atoms with Gasteiger partial charge in [0.2, 0.25) is 0 Å². The Balaban J connectivity index is 2.12. The van der Waals surface area contributed by atoms with Gasteiger partial charge in [-0.1, -0.05) is 23.2 Å². The van der Waals surface area contributed by atoms with Crippen LogP contribution in [0.1, 0.15) is 6.23 Å². The molecule has 2 rings (SSSR count). The van der Waals surface area contributed by atoms with Gasteiger partial charge in [0.1, 0.15) is 18.0 Å². The molecule has 0 aromatic carbocycles. The van der Waals surface area contributed by atoms with Crippen LogP contribution >= 0.6 is 46.7 Å². The average molecular weight is 536 g/mol. The van der Waals surface area contributed by atoms with Crippen molar-refractivity contribution >= 4 is 52.5 Å². The van der Waals surface area contributed by atoms with Crippen molar-refractivity contribution in [3.63, 3.8) is 0 Å². The minimum Gasteiger partial charge on any atom is -0.387 e. The van der Waals surface area contributed by atoms with Crippen molar-refractivity contribution in [2.24, 2.45) is 0 Å². The molecule has 0 spiro atoms. The van der Waals surface area contributed by atoms with Gasteiger partial charge < -0.3 is 35.2 Å². The largest absolute Gasteiger partial charge is 0.490 e. The molecule has 2 heterocycles. The monoisotopic (exact) mass is 535 g/mol. The first-order valence-electron chi connectivity index (χ1n) is 7.28. The number of aromatic nitrogens is 2. The lowest BCUT2D eigenvalue weighted by Crippen LogP contribution is -2.40. The van der Waals surface area contributed by atoms with Gasteiger partial charge in [-0.05, 0) is 6.07 Å². The molecule has 0 bridgehead atoms. The molecule has 0 radical (unpaired) electrons. The van der Waals surface area contributed by atoms with E-state index in [1.807, 2.05) is 0 Å². The Morgan fingerprint density at radius 3 is 2.33 bits per heavy atom. The molecule has 1 aromatic heterocycles. The van der Waals surface area contributed by atoms with Crippen molar-refractivity contribution in [3.8, 4) is 0 Å². The van der Waals surface area contributed by atoms with Gasteiger partial charge in [-0.15, -0.1) is 0 Å². The summed E-state index contributed by atoms with van der Waals surface area (Å²) in [4.78, 5) is 50.8. The lowest BCUT2D eigenvalue weighted by molar-refractivity contribution is -0.0452. The van der Waals surface area contributed by atoms with E-state index in [9.17, 15) is 28.5 Å². The van der Waals surface area contributed by atoms with Crippen LogP contribution in [0.25, 0.3) is 0 Å². The standard InChI is InChI=1S/C9H14Cl2N3O13P3/c10-9(11)6(15)4(25-7(9)14-2-1-5(12)13-8(14)16)3-24-29(20,21)27-30(22,23)26-28(17,18)19/h1-2,4,6-7,15H,3H2,(H,20,21)(H,22,23)(H2,12,13,16)(H2,17,18,19)/t4-,6-,7?/m1/s1. The second-order valence-corrected chi connectivity index (χ2v) is 11.4. The molecule has 16 nitrogen and oxygen atoms in total. The van der Waals surface area contributed by atoms with Gasteiger partial charge in [0, 0.05) is 6.20 Å². The molecular formula is C9H14Cl2N3O13P3. The number of nitrogens with zero attached hydrogens (tertiary/aromatic N) is 2. The Labute approximate surface area is 176 Å². The number of anilines is 1. The molecule has 1 saturated heterocycles. The number of ether oxygens (including phenoxy) is 1. The fourth-order valence-corrected chi connectivity index (χ4v) is 5.81. The van der Waals surface area contributed by atoms with E-state index in [2.05, 4.69) is 18.1 Å². The van der Waals surface area contributed by atoms with Gasteiger partial charge in [0.25, 0.3) is 0 Å². The van der Waals surface area contributed by atoms with Crippen molar-refractivity contribution in [1.82, 2.24) is 9.55 Å². The Morgan fingerprint density at radius 1 is 1.20 bits per heavy atom. The van der Waals surface area contributed by atoms with Crippen LogP contribution in [0, 0.1) is 0 Å². The molecule has 5 atom stereocenters. The molecule has 1 fully saturated rings. The maximum atomic E-state index is 11.9. The first-order valence-corrected chi connectivity index (χ1v) is 12.6. The zero-order chi connectivity index (χ0) is 23.1. The Kier molecular flexibility index (Phi) is 7.62. The van der Waals surface area contributed by atoms with Gasteiger partial charge in [-0.2, -0.15) is 13.6 Å². The summed E-state index contributed by atoms with van der Waals surface area (Å²) in [6.45, 7) is -1.04.